The molecule has 1 unspecified atom stereocenters. The van der Waals surface area contributed by atoms with Gasteiger partial charge in [-0.2, -0.15) is 0 Å². The number of amides is 3. The predicted octanol–water partition coefficient (Wildman–Crippen LogP) is 4.19. The topological polar surface area (TPSA) is 70.7 Å². The van der Waals surface area contributed by atoms with E-state index in [4.69, 9.17) is 4.74 Å². The Kier molecular flexibility index (Phi) is 6.19. The van der Waals surface area contributed by atoms with Gasteiger partial charge in [0.15, 0.2) is 0 Å². The summed E-state index contributed by atoms with van der Waals surface area (Å²) in [6.07, 6.45) is 1.55. The van der Waals surface area contributed by atoms with E-state index in [0.29, 0.717) is 24.5 Å². The third-order valence-electron chi connectivity index (χ3n) is 4.96. The van der Waals surface area contributed by atoms with Gasteiger partial charge in [0.1, 0.15) is 5.75 Å². The van der Waals surface area contributed by atoms with Crippen LogP contribution in [-0.2, 0) is 4.79 Å². The minimum atomic E-state index is -0.248. The van der Waals surface area contributed by atoms with Crippen molar-refractivity contribution in [3.05, 3.63) is 53.6 Å². The van der Waals surface area contributed by atoms with Crippen LogP contribution in [0, 0.1) is 19.8 Å². The van der Waals surface area contributed by atoms with E-state index >= 15 is 0 Å². The molecular weight excluding hydrogens is 354 g/mol. The summed E-state index contributed by atoms with van der Waals surface area (Å²) in [6.45, 7) is 5.00. The minimum absolute atomic E-state index is 0.0862. The lowest BCUT2D eigenvalue weighted by molar-refractivity contribution is -0.121. The van der Waals surface area contributed by atoms with E-state index in [0.717, 1.165) is 29.7 Å². The van der Waals surface area contributed by atoms with Crippen LogP contribution in [0.2, 0.25) is 0 Å². The fraction of sp³-hybridized carbons (Fsp3) is 0.364. The summed E-state index contributed by atoms with van der Waals surface area (Å²) in [7, 11) is 1.58. The van der Waals surface area contributed by atoms with E-state index in [1.54, 1.807) is 12.0 Å². The van der Waals surface area contributed by atoms with Gasteiger partial charge in [-0.25, -0.2) is 4.79 Å². The minimum Gasteiger partial charge on any atom is -0.495 e. The highest BCUT2D eigenvalue weighted by Gasteiger charge is 2.29. The number of carbonyl (C=O) groups excluding carboxylic acids is 2. The second-order valence-electron chi connectivity index (χ2n) is 7.28. The molecule has 2 aromatic rings. The van der Waals surface area contributed by atoms with Crippen molar-refractivity contribution >= 4 is 23.3 Å². The molecule has 28 heavy (non-hydrogen) atoms. The van der Waals surface area contributed by atoms with E-state index in [1.807, 2.05) is 56.3 Å². The number of likely N-dealkylation sites (tertiary alicyclic amines) is 1. The normalized spacial score (nSPS) is 16.4. The fourth-order valence-corrected chi connectivity index (χ4v) is 3.46. The van der Waals surface area contributed by atoms with E-state index in [9.17, 15) is 9.59 Å². The highest BCUT2D eigenvalue weighted by atomic mass is 16.5. The van der Waals surface area contributed by atoms with Gasteiger partial charge >= 0.3 is 6.03 Å². The molecule has 0 saturated carbocycles. The van der Waals surface area contributed by atoms with E-state index in [-0.39, 0.29) is 17.9 Å². The number of benzene rings is 2. The Morgan fingerprint density at radius 1 is 1.07 bits per heavy atom. The number of urea groups is 1. The van der Waals surface area contributed by atoms with Crippen LogP contribution in [0.4, 0.5) is 16.2 Å². The Labute approximate surface area is 165 Å². The van der Waals surface area contributed by atoms with Crippen LogP contribution in [0.15, 0.2) is 42.5 Å². The van der Waals surface area contributed by atoms with Gasteiger partial charge in [-0.05, 0) is 62.1 Å². The molecule has 0 aromatic heterocycles. The van der Waals surface area contributed by atoms with Gasteiger partial charge < -0.3 is 20.3 Å². The number of methoxy groups -OCH3 is 1. The standard InChI is InChI=1S/C22H27N3O3/c1-15-6-4-8-18(12-15)23-22(27)25-11-5-7-17(14-25)21(26)24-19-13-16(2)9-10-20(19)28-3/h4,6,8-10,12-13,17H,5,7,11,14H2,1-3H3,(H,23,27)(H,24,26). The molecule has 3 amide bonds. The maximum atomic E-state index is 12.8. The molecule has 1 aliphatic rings. The lowest BCUT2D eigenvalue weighted by Gasteiger charge is -2.32. The molecule has 0 aliphatic carbocycles. The van der Waals surface area contributed by atoms with Crippen molar-refractivity contribution in [1.82, 2.24) is 4.90 Å². The quantitative estimate of drug-likeness (QED) is 0.834. The smallest absolute Gasteiger partial charge is 0.321 e. The van der Waals surface area contributed by atoms with Crippen LogP contribution >= 0.6 is 0 Å². The van der Waals surface area contributed by atoms with E-state index in [1.165, 1.54) is 0 Å². The second-order valence-corrected chi connectivity index (χ2v) is 7.28. The van der Waals surface area contributed by atoms with Crippen molar-refractivity contribution in [3.8, 4) is 5.75 Å². The number of nitrogens with one attached hydrogen (secondary N) is 2. The second kappa shape index (κ2) is 8.78. The first kappa shape index (κ1) is 19.7. The Bertz CT molecular complexity index is 866. The maximum absolute atomic E-state index is 12.8. The van der Waals surface area contributed by atoms with Gasteiger partial charge in [0, 0.05) is 18.8 Å². The molecular formula is C22H27N3O3. The fourth-order valence-electron chi connectivity index (χ4n) is 3.46. The average molecular weight is 381 g/mol. The average Bonchev–Trinajstić information content (AvgIpc) is 2.68. The van der Waals surface area contributed by atoms with Gasteiger partial charge in [-0.1, -0.05) is 18.2 Å². The lowest BCUT2D eigenvalue weighted by atomic mass is 9.97. The number of carbonyl (C=O) groups is 2. The van der Waals surface area contributed by atoms with Crippen LogP contribution in [0.5, 0.6) is 5.75 Å². The molecule has 2 aromatic carbocycles. The molecule has 6 nitrogen and oxygen atoms in total. The molecule has 1 heterocycles. The molecule has 1 aliphatic heterocycles. The first-order valence-corrected chi connectivity index (χ1v) is 9.54. The van der Waals surface area contributed by atoms with Gasteiger partial charge in [0.05, 0.1) is 18.7 Å². The molecule has 2 N–H and O–H groups in total. The molecule has 6 heteroatoms. The van der Waals surface area contributed by atoms with Gasteiger partial charge in [-0.15, -0.1) is 0 Å². The Balaban J connectivity index is 1.63. The van der Waals surface area contributed by atoms with Crippen LogP contribution < -0.4 is 15.4 Å². The first-order chi connectivity index (χ1) is 13.5. The van der Waals surface area contributed by atoms with Crippen molar-refractivity contribution in [3.63, 3.8) is 0 Å². The third-order valence-corrected chi connectivity index (χ3v) is 4.96. The van der Waals surface area contributed by atoms with Crippen LogP contribution in [0.25, 0.3) is 0 Å². The van der Waals surface area contributed by atoms with Crippen molar-refractivity contribution in [2.75, 3.05) is 30.8 Å². The first-order valence-electron chi connectivity index (χ1n) is 9.54. The van der Waals surface area contributed by atoms with E-state index < -0.39 is 0 Å². The Morgan fingerprint density at radius 3 is 2.61 bits per heavy atom. The summed E-state index contributed by atoms with van der Waals surface area (Å²) in [6, 6.07) is 13.2. The predicted molar refractivity (Wildman–Crippen MR) is 111 cm³/mol. The van der Waals surface area contributed by atoms with Gasteiger partial charge in [0.25, 0.3) is 0 Å². The number of ether oxygens (including phenoxy) is 1. The molecule has 1 saturated heterocycles. The zero-order chi connectivity index (χ0) is 20.1. The van der Waals surface area contributed by atoms with Gasteiger partial charge in [-0.3, -0.25) is 4.79 Å². The molecule has 0 spiro atoms. The van der Waals surface area contributed by atoms with Crippen LogP contribution in [-0.4, -0.2) is 37.0 Å². The van der Waals surface area contributed by atoms with Crippen LogP contribution in [0.3, 0.4) is 0 Å². The zero-order valence-electron chi connectivity index (χ0n) is 16.6. The largest absolute Gasteiger partial charge is 0.495 e. The van der Waals surface area contributed by atoms with Crippen molar-refractivity contribution in [2.24, 2.45) is 5.92 Å². The number of anilines is 2. The number of rotatable bonds is 4. The molecule has 1 atom stereocenters. The summed E-state index contributed by atoms with van der Waals surface area (Å²) < 4.78 is 5.33. The zero-order valence-corrected chi connectivity index (χ0v) is 16.6. The van der Waals surface area contributed by atoms with Gasteiger partial charge in [0.2, 0.25) is 5.91 Å². The lowest BCUT2D eigenvalue weighted by Crippen LogP contribution is -2.45. The van der Waals surface area contributed by atoms with Crippen molar-refractivity contribution in [1.29, 1.82) is 0 Å². The molecule has 3 rings (SSSR count). The maximum Gasteiger partial charge on any atom is 0.321 e. The summed E-state index contributed by atoms with van der Waals surface area (Å²) in [4.78, 5) is 27.1. The monoisotopic (exact) mass is 381 g/mol. The van der Waals surface area contributed by atoms with Crippen molar-refractivity contribution in [2.45, 2.75) is 26.7 Å². The van der Waals surface area contributed by atoms with E-state index in [2.05, 4.69) is 10.6 Å². The third kappa shape index (κ3) is 4.82. The van der Waals surface area contributed by atoms with Crippen LogP contribution in [0.1, 0.15) is 24.0 Å². The summed E-state index contributed by atoms with van der Waals surface area (Å²) >= 11 is 0. The van der Waals surface area contributed by atoms with Crippen molar-refractivity contribution < 1.29 is 14.3 Å². The molecule has 0 bridgehead atoms. The number of nitrogens with zero attached hydrogens (tertiary/aromatic N) is 1. The summed E-state index contributed by atoms with van der Waals surface area (Å²) in [5.74, 6) is 0.294. The summed E-state index contributed by atoms with van der Waals surface area (Å²) in [5.41, 5.74) is 3.55. The Hall–Kier alpha value is -3.02. The molecule has 148 valence electrons. The number of hydrogen-bond acceptors (Lipinski definition) is 3. The highest BCUT2D eigenvalue weighted by Crippen LogP contribution is 2.27. The highest BCUT2D eigenvalue weighted by molar-refractivity contribution is 5.95. The molecule has 1 fully saturated rings. The number of aryl methyl sites for hydroxylation is 2. The SMILES string of the molecule is COc1ccc(C)cc1NC(=O)C1CCCN(C(=O)Nc2cccc(C)c2)C1. The Morgan fingerprint density at radius 2 is 1.86 bits per heavy atom. The number of hydrogen-bond donors (Lipinski definition) is 2. The number of piperidine rings is 1. The summed E-state index contributed by atoms with van der Waals surface area (Å²) in [5, 5.41) is 5.89. The molecule has 0 radical (unpaired) electrons.